The predicted octanol–water partition coefficient (Wildman–Crippen LogP) is 3.61. The monoisotopic (exact) mass is 382 g/mol. The molecule has 1 aliphatic heterocycles. The SMILES string of the molecule is COc1ccnc(N2CCC(C(=O)NC(c3ccccc3)C(C)(C)C)CC2)n1. The maximum atomic E-state index is 13.0. The van der Waals surface area contributed by atoms with E-state index in [1.54, 1.807) is 19.4 Å². The molecule has 1 fully saturated rings. The first-order valence-electron chi connectivity index (χ1n) is 9.86. The van der Waals surface area contributed by atoms with Gasteiger partial charge >= 0.3 is 0 Å². The van der Waals surface area contributed by atoms with Gasteiger partial charge in [-0.15, -0.1) is 0 Å². The highest BCUT2D eigenvalue weighted by Crippen LogP contribution is 2.33. The number of carbonyl (C=O) groups excluding carboxylic acids is 1. The number of anilines is 1. The molecular weight excluding hydrogens is 352 g/mol. The van der Waals surface area contributed by atoms with E-state index in [1.807, 2.05) is 18.2 Å². The van der Waals surface area contributed by atoms with Crippen molar-refractivity contribution in [2.75, 3.05) is 25.1 Å². The van der Waals surface area contributed by atoms with Crippen LogP contribution in [-0.4, -0.2) is 36.1 Å². The number of amides is 1. The lowest BCUT2D eigenvalue weighted by atomic mass is 9.81. The summed E-state index contributed by atoms with van der Waals surface area (Å²) >= 11 is 0. The van der Waals surface area contributed by atoms with E-state index >= 15 is 0 Å². The molecule has 2 aromatic rings. The largest absolute Gasteiger partial charge is 0.481 e. The summed E-state index contributed by atoms with van der Waals surface area (Å²) in [5, 5.41) is 3.31. The Morgan fingerprint density at radius 3 is 2.46 bits per heavy atom. The Bertz CT molecular complexity index is 781. The van der Waals surface area contributed by atoms with E-state index < -0.39 is 0 Å². The fourth-order valence-electron chi connectivity index (χ4n) is 3.65. The number of methoxy groups -OCH3 is 1. The number of benzene rings is 1. The minimum atomic E-state index is -0.0633. The summed E-state index contributed by atoms with van der Waals surface area (Å²) in [6.45, 7) is 8.00. The van der Waals surface area contributed by atoms with Crippen molar-refractivity contribution in [2.24, 2.45) is 11.3 Å². The zero-order valence-electron chi connectivity index (χ0n) is 17.2. The third-order valence-corrected chi connectivity index (χ3v) is 5.26. The van der Waals surface area contributed by atoms with Gasteiger partial charge in [-0.05, 0) is 23.8 Å². The maximum Gasteiger partial charge on any atom is 0.228 e. The number of rotatable bonds is 5. The number of hydrogen-bond acceptors (Lipinski definition) is 5. The van der Waals surface area contributed by atoms with Crippen molar-refractivity contribution in [1.29, 1.82) is 0 Å². The molecule has 150 valence electrons. The first kappa shape index (κ1) is 20.1. The Labute approximate surface area is 167 Å². The Kier molecular flexibility index (Phi) is 6.17. The fourth-order valence-corrected chi connectivity index (χ4v) is 3.65. The van der Waals surface area contributed by atoms with Crippen molar-refractivity contribution in [2.45, 2.75) is 39.7 Å². The second kappa shape index (κ2) is 8.59. The summed E-state index contributed by atoms with van der Waals surface area (Å²) in [5.41, 5.74) is 1.08. The quantitative estimate of drug-likeness (QED) is 0.856. The normalized spacial score (nSPS) is 16.5. The van der Waals surface area contributed by atoms with Crippen molar-refractivity contribution in [3.8, 4) is 5.88 Å². The average molecular weight is 383 g/mol. The van der Waals surface area contributed by atoms with Crippen molar-refractivity contribution >= 4 is 11.9 Å². The molecule has 1 N–H and O–H groups in total. The Hall–Kier alpha value is -2.63. The van der Waals surface area contributed by atoms with Crippen molar-refractivity contribution in [3.63, 3.8) is 0 Å². The molecule has 1 amide bonds. The zero-order chi connectivity index (χ0) is 20.1. The molecule has 2 heterocycles. The molecule has 1 atom stereocenters. The minimum absolute atomic E-state index is 0.00965. The fraction of sp³-hybridized carbons (Fsp3) is 0.500. The van der Waals surface area contributed by atoms with E-state index in [2.05, 4.69) is 53.1 Å². The molecule has 6 nitrogen and oxygen atoms in total. The van der Waals surface area contributed by atoms with E-state index in [0.29, 0.717) is 11.8 Å². The van der Waals surface area contributed by atoms with Crippen molar-refractivity contribution < 1.29 is 9.53 Å². The van der Waals surface area contributed by atoms with Crippen LogP contribution in [0.5, 0.6) is 5.88 Å². The molecule has 1 aromatic carbocycles. The molecule has 0 radical (unpaired) electrons. The highest BCUT2D eigenvalue weighted by molar-refractivity contribution is 5.79. The zero-order valence-corrected chi connectivity index (χ0v) is 17.2. The molecular formula is C22H30N4O2. The lowest BCUT2D eigenvalue weighted by molar-refractivity contribution is -0.127. The maximum absolute atomic E-state index is 13.0. The molecule has 1 aromatic heterocycles. The van der Waals surface area contributed by atoms with Crippen LogP contribution in [0.15, 0.2) is 42.6 Å². The van der Waals surface area contributed by atoms with Crippen molar-refractivity contribution in [3.05, 3.63) is 48.2 Å². The van der Waals surface area contributed by atoms with Gasteiger partial charge in [-0.3, -0.25) is 4.79 Å². The molecule has 1 saturated heterocycles. The molecule has 1 unspecified atom stereocenters. The third kappa shape index (κ3) is 4.80. The van der Waals surface area contributed by atoms with E-state index in [0.717, 1.165) is 31.5 Å². The van der Waals surface area contributed by atoms with Gasteiger partial charge in [-0.2, -0.15) is 4.98 Å². The smallest absolute Gasteiger partial charge is 0.228 e. The molecule has 3 rings (SSSR count). The predicted molar refractivity (Wildman–Crippen MR) is 110 cm³/mol. The first-order chi connectivity index (χ1) is 13.4. The number of hydrogen-bond donors (Lipinski definition) is 1. The van der Waals surface area contributed by atoms with E-state index in [-0.39, 0.29) is 23.3 Å². The highest BCUT2D eigenvalue weighted by atomic mass is 16.5. The van der Waals surface area contributed by atoms with Crippen LogP contribution in [0.25, 0.3) is 0 Å². The van der Waals surface area contributed by atoms with E-state index in [1.165, 1.54) is 0 Å². The van der Waals surface area contributed by atoms with Gasteiger partial charge in [0.1, 0.15) is 0 Å². The summed E-state index contributed by atoms with van der Waals surface area (Å²) in [4.78, 5) is 23.8. The Morgan fingerprint density at radius 1 is 1.18 bits per heavy atom. The van der Waals surface area contributed by atoms with Crippen LogP contribution in [-0.2, 0) is 4.79 Å². The standard InChI is InChI=1S/C22H30N4O2/c1-22(2,3)19(16-8-6-5-7-9-16)25-20(27)17-11-14-26(15-12-17)21-23-13-10-18(24-21)28-4/h5-10,13,17,19H,11-12,14-15H2,1-4H3,(H,25,27). The van der Waals surface area contributed by atoms with Crippen LogP contribution < -0.4 is 15.0 Å². The topological polar surface area (TPSA) is 67.3 Å². The number of ether oxygens (including phenoxy) is 1. The molecule has 0 bridgehead atoms. The lowest BCUT2D eigenvalue weighted by Crippen LogP contribution is -2.44. The Morgan fingerprint density at radius 2 is 1.86 bits per heavy atom. The van der Waals surface area contributed by atoms with Crippen LogP contribution in [0.4, 0.5) is 5.95 Å². The summed E-state index contributed by atoms with van der Waals surface area (Å²) in [6.07, 6.45) is 3.28. The van der Waals surface area contributed by atoms with Crippen LogP contribution >= 0.6 is 0 Å². The number of piperidine rings is 1. The van der Waals surface area contributed by atoms with Gasteiger partial charge in [0.25, 0.3) is 0 Å². The number of nitrogens with zero attached hydrogens (tertiary/aromatic N) is 3. The summed E-state index contributed by atoms with van der Waals surface area (Å²) in [6, 6.07) is 11.9. The van der Waals surface area contributed by atoms with E-state index in [9.17, 15) is 4.79 Å². The number of nitrogens with one attached hydrogen (secondary N) is 1. The summed E-state index contributed by atoms with van der Waals surface area (Å²) < 4.78 is 5.18. The summed E-state index contributed by atoms with van der Waals surface area (Å²) in [5.74, 6) is 1.36. The Balaban J connectivity index is 1.62. The molecule has 6 heteroatoms. The van der Waals surface area contributed by atoms with Crippen LogP contribution in [0.2, 0.25) is 0 Å². The van der Waals surface area contributed by atoms with Gasteiger partial charge in [0.15, 0.2) is 0 Å². The van der Waals surface area contributed by atoms with Gasteiger partial charge in [0, 0.05) is 31.3 Å². The molecule has 0 aliphatic carbocycles. The van der Waals surface area contributed by atoms with Crippen molar-refractivity contribution in [1.82, 2.24) is 15.3 Å². The van der Waals surface area contributed by atoms with Crippen LogP contribution in [0.3, 0.4) is 0 Å². The molecule has 0 saturated carbocycles. The third-order valence-electron chi connectivity index (χ3n) is 5.26. The first-order valence-corrected chi connectivity index (χ1v) is 9.86. The molecule has 0 spiro atoms. The second-order valence-electron chi connectivity index (χ2n) is 8.38. The molecule has 28 heavy (non-hydrogen) atoms. The highest BCUT2D eigenvalue weighted by Gasteiger charge is 2.32. The average Bonchev–Trinajstić information content (AvgIpc) is 2.72. The minimum Gasteiger partial charge on any atom is -0.481 e. The lowest BCUT2D eigenvalue weighted by Gasteiger charge is -2.35. The number of aromatic nitrogens is 2. The van der Waals surface area contributed by atoms with Gasteiger partial charge in [0.2, 0.25) is 17.7 Å². The van der Waals surface area contributed by atoms with Crippen LogP contribution in [0, 0.1) is 11.3 Å². The summed E-state index contributed by atoms with van der Waals surface area (Å²) in [7, 11) is 1.60. The second-order valence-corrected chi connectivity index (χ2v) is 8.38. The van der Waals surface area contributed by atoms with Gasteiger partial charge in [-0.25, -0.2) is 4.98 Å². The van der Waals surface area contributed by atoms with Gasteiger partial charge < -0.3 is 15.0 Å². The molecule has 1 aliphatic rings. The van der Waals surface area contributed by atoms with Gasteiger partial charge in [0.05, 0.1) is 13.2 Å². The van der Waals surface area contributed by atoms with Gasteiger partial charge in [-0.1, -0.05) is 51.1 Å². The van der Waals surface area contributed by atoms with E-state index in [4.69, 9.17) is 4.74 Å². The van der Waals surface area contributed by atoms with Crippen LogP contribution in [0.1, 0.15) is 45.2 Å². The number of carbonyl (C=O) groups is 1.